The van der Waals surface area contributed by atoms with Gasteiger partial charge >= 0.3 is 0 Å². The molecule has 0 amide bonds. The number of hydrogen-bond acceptors (Lipinski definition) is 4. The molecule has 1 atom stereocenters. The molecule has 1 aromatic rings. The van der Waals surface area contributed by atoms with Crippen molar-refractivity contribution in [1.82, 2.24) is 5.32 Å². The lowest BCUT2D eigenvalue weighted by Gasteiger charge is -2.30. The highest BCUT2D eigenvalue weighted by atomic mass is 16.5. The summed E-state index contributed by atoms with van der Waals surface area (Å²) in [6.07, 6.45) is 0.662. The van der Waals surface area contributed by atoms with E-state index in [1.54, 1.807) is 14.2 Å². The first-order valence-corrected chi connectivity index (χ1v) is 6.94. The Kier molecular flexibility index (Phi) is 6.46. The zero-order valence-electron chi connectivity index (χ0n) is 13.2. The zero-order valence-corrected chi connectivity index (χ0v) is 13.2. The minimum Gasteiger partial charge on any atom is -0.496 e. The minimum absolute atomic E-state index is 0.146. The van der Waals surface area contributed by atoms with Gasteiger partial charge in [-0.3, -0.25) is 0 Å². The number of nitrogens with one attached hydrogen (secondary N) is 1. The molecule has 0 aliphatic heterocycles. The smallest absolute Gasteiger partial charge is 0.124 e. The Morgan fingerprint density at radius 3 is 2.25 bits per heavy atom. The van der Waals surface area contributed by atoms with Crippen molar-refractivity contribution in [2.24, 2.45) is 0 Å². The predicted molar refractivity (Wildman–Crippen MR) is 81.3 cm³/mol. The first kappa shape index (κ1) is 17.0. The Bertz CT molecular complexity index is 403. The van der Waals surface area contributed by atoms with Crippen LogP contribution >= 0.6 is 0 Å². The van der Waals surface area contributed by atoms with Crippen molar-refractivity contribution in [2.45, 2.75) is 39.3 Å². The third-order valence-electron chi connectivity index (χ3n) is 3.57. The first-order chi connectivity index (χ1) is 9.45. The minimum atomic E-state index is -0.217. The molecule has 20 heavy (non-hydrogen) atoms. The van der Waals surface area contributed by atoms with Gasteiger partial charge in [0.2, 0.25) is 0 Å². The van der Waals surface area contributed by atoms with Crippen molar-refractivity contribution >= 4 is 0 Å². The summed E-state index contributed by atoms with van der Waals surface area (Å²) in [6, 6.07) is 4.26. The van der Waals surface area contributed by atoms with E-state index in [1.165, 1.54) is 5.56 Å². The largest absolute Gasteiger partial charge is 0.496 e. The average molecular weight is 281 g/mol. The van der Waals surface area contributed by atoms with Crippen LogP contribution in [0, 0.1) is 13.8 Å². The van der Waals surface area contributed by atoms with Crippen molar-refractivity contribution < 1.29 is 14.6 Å². The maximum Gasteiger partial charge on any atom is 0.124 e. The van der Waals surface area contributed by atoms with Gasteiger partial charge in [0.15, 0.2) is 0 Å². The van der Waals surface area contributed by atoms with E-state index in [4.69, 9.17) is 9.47 Å². The normalized spacial score (nSPS) is 14.1. The fourth-order valence-electron chi connectivity index (χ4n) is 2.56. The van der Waals surface area contributed by atoms with Crippen LogP contribution in [-0.2, 0) is 11.3 Å². The molecule has 0 aromatic heterocycles. The number of aliphatic hydroxyl groups is 1. The summed E-state index contributed by atoms with van der Waals surface area (Å²) in [5, 5.41) is 12.7. The molecule has 0 spiro atoms. The second-order valence-corrected chi connectivity index (χ2v) is 5.58. The SMILES string of the molecule is COCC(C)(CCO)NCc1cc(C)c(OC)c(C)c1. The Morgan fingerprint density at radius 1 is 1.20 bits per heavy atom. The second-order valence-electron chi connectivity index (χ2n) is 5.58. The summed E-state index contributed by atoms with van der Waals surface area (Å²) in [6.45, 7) is 7.63. The highest BCUT2D eigenvalue weighted by molar-refractivity contribution is 5.43. The van der Waals surface area contributed by atoms with Gasteiger partial charge in [-0.25, -0.2) is 0 Å². The number of benzene rings is 1. The molecule has 0 saturated carbocycles. The van der Waals surface area contributed by atoms with Crippen LogP contribution in [0.5, 0.6) is 5.75 Å². The molecule has 0 fully saturated rings. The molecule has 0 radical (unpaired) electrons. The van der Waals surface area contributed by atoms with Gasteiger partial charge in [-0.2, -0.15) is 0 Å². The van der Waals surface area contributed by atoms with Crippen LogP contribution in [0.2, 0.25) is 0 Å². The molecular weight excluding hydrogens is 254 g/mol. The third kappa shape index (κ3) is 4.47. The van der Waals surface area contributed by atoms with E-state index in [2.05, 4.69) is 38.2 Å². The lowest BCUT2D eigenvalue weighted by Crippen LogP contribution is -2.46. The standard InChI is InChI=1S/C16H27NO3/c1-12-8-14(9-13(2)15(12)20-5)10-17-16(3,6-7-18)11-19-4/h8-9,17-18H,6-7,10-11H2,1-5H3. The van der Waals surface area contributed by atoms with E-state index in [0.29, 0.717) is 13.0 Å². The zero-order chi connectivity index (χ0) is 15.2. The summed E-state index contributed by atoms with van der Waals surface area (Å²) in [4.78, 5) is 0. The van der Waals surface area contributed by atoms with Crippen LogP contribution in [0.4, 0.5) is 0 Å². The Hall–Kier alpha value is -1.10. The summed E-state index contributed by atoms with van der Waals surface area (Å²) in [7, 11) is 3.38. The molecule has 1 rings (SSSR count). The maximum absolute atomic E-state index is 9.17. The first-order valence-electron chi connectivity index (χ1n) is 6.94. The monoisotopic (exact) mass is 281 g/mol. The molecule has 2 N–H and O–H groups in total. The number of aryl methyl sites for hydroxylation is 2. The molecule has 0 aliphatic carbocycles. The van der Waals surface area contributed by atoms with Gasteiger partial charge in [-0.15, -0.1) is 0 Å². The van der Waals surface area contributed by atoms with Gasteiger partial charge in [0.05, 0.1) is 13.7 Å². The van der Waals surface area contributed by atoms with Crippen LogP contribution in [0.1, 0.15) is 30.0 Å². The number of rotatable bonds is 8. The van der Waals surface area contributed by atoms with E-state index in [-0.39, 0.29) is 12.1 Å². The molecule has 1 aromatic carbocycles. The van der Waals surface area contributed by atoms with Gasteiger partial charge in [0, 0.05) is 25.8 Å². The summed E-state index contributed by atoms with van der Waals surface area (Å²) >= 11 is 0. The average Bonchev–Trinajstić information content (AvgIpc) is 2.37. The molecule has 1 unspecified atom stereocenters. The number of ether oxygens (including phenoxy) is 2. The molecule has 114 valence electrons. The van der Waals surface area contributed by atoms with Crippen LogP contribution in [0.25, 0.3) is 0 Å². The maximum atomic E-state index is 9.17. The van der Waals surface area contributed by atoms with Crippen molar-refractivity contribution in [3.8, 4) is 5.75 Å². The fourth-order valence-corrected chi connectivity index (χ4v) is 2.56. The van der Waals surface area contributed by atoms with Crippen LogP contribution in [0.3, 0.4) is 0 Å². The lowest BCUT2D eigenvalue weighted by molar-refractivity contribution is 0.0969. The topological polar surface area (TPSA) is 50.7 Å². The Labute approximate surface area is 122 Å². The predicted octanol–water partition coefficient (Wildman–Crippen LogP) is 2.19. The molecule has 4 heteroatoms. The van der Waals surface area contributed by atoms with Crippen molar-refractivity contribution in [1.29, 1.82) is 0 Å². The van der Waals surface area contributed by atoms with Crippen molar-refractivity contribution in [3.05, 3.63) is 28.8 Å². The van der Waals surface area contributed by atoms with Crippen molar-refractivity contribution in [3.63, 3.8) is 0 Å². The van der Waals surface area contributed by atoms with Gasteiger partial charge in [0.25, 0.3) is 0 Å². The molecular formula is C16H27NO3. The summed E-state index contributed by atoms with van der Waals surface area (Å²) in [5.41, 5.74) is 3.27. The fraction of sp³-hybridized carbons (Fsp3) is 0.625. The highest BCUT2D eigenvalue weighted by Crippen LogP contribution is 2.24. The van der Waals surface area contributed by atoms with E-state index >= 15 is 0 Å². The quantitative estimate of drug-likeness (QED) is 0.767. The highest BCUT2D eigenvalue weighted by Gasteiger charge is 2.23. The van der Waals surface area contributed by atoms with Gasteiger partial charge in [-0.05, 0) is 43.9 Å². The second kappa shape index (κ2) is 7.62. The summed E-state index contributed by atoms with van der Waals surface area (Å²) < 4.78 is 10.6. The molecule has 0 aliphatic rings. The van der Waals surface area contributed by atoms with Crippen LogP contribution in [0.15, 0.2) is 12.1 Å². The summed E-state index contributed by atoms with van der Waals surface area (Å²) in [5.74, 6) is 0.948. The van der Waals surface area contributed by atoms with Gasteiger partial charge in [0.1, 0.15) is 5.75 Å². The number of aliphatic hydroxyl groups excluding tert-OH is 1. The number of methoxy groups -OCH3 is 2. The molecule has 0 bridgehead atoms. The van der Waals surface area contributed by atoms with E-state index in [0.717, 1.165) is 23.4 Å². The lowest BCUT2D eigenvalue weighted by atomic mass is 9.98. The Balaban J connectivity index is 2.78. The van der Waals surface area contributed by atoms with Crippen LogP contribution < -0.4 is 10.1 Å². The molecule has 0 heterocycles. The van der Waals surface area contributed by atoms with E-state index in [9.17, 15) is 5.11 Å². The van der Waals surface area contributed by atoms with E-state index < -0.39 is 0 Å². The van der Waals surface area contributed by atoms with Gasteiger partial charge < -0.3 is 19.9 Å². The van der Waals surface area contributed by atoms with Gasteiger partial charge in [-0.1, -0.05) is 12.1 Å². The van der Waals surface area contributed by atoms with Crippen molar-refractivity contribution in [2.75, 3.05) is 27.4 Å². The molecule has 0 saturated heterocycles. The van der Waals surface area contributed by atoms with Crippen LogP contribution in [-0.4, -0.2) is 38.1 Å². The number of hydrogen-bond donors (Lipinski definition) is 2. The molecule has 4 nitrogen and oxygen atoms in total. The Morgan fingerprint density at radius 2 is 1.80 bits per heavy atom. The van der Waals surface area contributed by atoms with E-state index in [1.807, 2.05) is 0 Å². The third-order valence-corrected chi connectivity index (χ3v) is 3.57.